The Labute approximate surface area is 174 Å². The van der Waals surface area contributed by atoms with Gasteiger partial charge in [0, 0.05) is 38.4 Å². The molecular weight excluding hydrogens is 415 g/mol. The van der Waals surface area contributed by atoms with Crippen molar-refractivity contribution in [2.45, 2.75) is 13.0 Å². The summed E-state index contributed by atoms with van der Waals surface area (Å²) in [4.78, 5) is 29.5. The summed E-state index contributed by atoms with van der Waals surface area (Å²) in [6.45, 7) is 9.50. The van der Waals surface area contributed by atoms with Crippen molar-refractivity contribution in [1.82, 2.24) is 5.32 Å². The second-order valence-corrected chi connectivity index (χ2v) is 6.21. The van der Waals surface area contributed by atoms with Crippen molar-refractivity contribution in [2.24, 2.45) is 0 Å². The number of aryl methyl sites for hydroxylation is 1. The molecule has 1 N–H and O–H groups in total. The summed E-state index contributed by atoms with van der Waals surface area (Å²) in [5.74, 6) is -0.201. The van der Waals surface area contributed by atoms with Gasteiger partial charge in [-0.15, -0.1) is 5.38 Å². The van der Waals surface area contributed by atoms with Gasteiger partial charge in [0.25, 0.3) is 0 Å². The first-order valence-corrected chi connectivity index (χ1v) is 8.10. The van der Waals surface area contributed by atoms with Crippen molar-refractivity contribution in [2.75, 3.05) is 18.0 Å². The number of ether oxygens (including phenoxy) is 1. The molecule has 8 heteroatoms. The standard InChI is InChI=1S/C17H14N3O3S.Y/c1-11-8-12(5-6-14(11)18-2)20-10-13(23-17(20)22)9-19-16(21)15-4-3-7-24-15;/h3-6,8,13H,9-10H2,1H3,(H,19,21);/q-1;/t13-;/m0./s1. The van der Waals surface area contributed by atoms with E-state index >= 15 is 0 Å². The molecule has 1 fully saturated rings. The molecule has 1 radical (unpaired) electrons. The van der Waals surface area contributed by atoms with E-state index in [-0.39, 0.29) is 45.2 Å². The molecule has 2 aromatic rings. The largest absolute Gasteiger partial charge is 0.442 e. The predicted molar refractivity (Wildman–Crippen MR) is 90.5 cm³/mol. The number of hydrogen-bond donors (Lipinski definition) is 1. The Morgan fingerprint density at radius 1 is 1.52 bits per heavy atom. The summed E-state index contributed by atoms with van der Waals surface area (Å²) in [5.41, 5.74) is 2.05. The zero-order chi connectivity index (χ0) is 17.1. The number of thiophene rings is 1. The Morgan fingerprint density at radius 2 is 2.32 bits per heavy atom. The van der Waals surface area contributed by atoms with Crippen LogP contribution in [0.5, 0.6) is 0 Å². The molecule has 25 heavy (non-hydrogen) atoms. The Kier molecular flexibility index (Phi) is 6.71. The second-order valence-electron chi connectivity index (χ2n) is 5.33. The van der Waals surface area contributed by atoms with Crippen LogP contribution in [0, 0.1) is 18.9 Å². The van der Waals surface area contributed by atoms with E-state index < -0.39 is 12.2 Å². The third kappa shape index (κ3) is 4.46. The summed E-state index contributed by atoms with van der Waals surface area (Å²) in [6.07, 6.45) is -0.861. The maximum absolute atomic E-state index is 12.1. The minimum atomic E-state index is -0.450. The molecule has 2 heterocycles. The Balaban J connectivity index is 0.00000225. The summed E-state index contributed by atoms with van der Waals surface area (Å²) in [7, 11) is 0. The molecule has 1 atom stereocenters. The fourth-order valence-electron chi connectivity index (χ4n) is 2.43. The SMILES string of the molecule is [C-]#[N+]c1ccc(N2C[C@H](CNC(=O)c3cc[c-]s3)OC2=O)cc1C.[Y]. The van der Waals surface area contributed by atoms with E-state index in [0.29, 0.717) is 22.8 Å². The number of nitrogens with one attached hydrogen (secondary N) is 1. The number of amides is 2. The van der Waals surface area contributed by atoms with Crippen LogP contribution >= 0.6 is 11.3 Å². The normalized spacial score (nSPS) is 15.9. The van der Waals surface area contributed by atoms with Crippen LogP contribution in [0.1, 0.15) is 15.2 Å². The summed E-state index contributed by atoms with van der Waals surface area (Å²) >= 11 is 1.24. The fraction of sp³-hybridized carbons (Fsp3) is 0.235. The molecule has 2 amide bonds. The maximum Gasteiger partial charge on any atom is 0.414 e. The summed E-state index contributed by atoms with van der Waals surface area (Å²) in [6, 6.07) is 8.58. The number of anilines is 1. The van der Waals surface area contributed by atoms with Crippen LogP contribution in [0.3, 0.4) is 0 Å². The first kappa shape index (κ1) is 19.6. The minimum Gasteiger partial charge on any atom is -0.442 e. The summed E-state index contributed by atoms with van der Waals surface area (Å²) < 4.78 is 5.30. The van der Waals surface area contributed by atoms with Crippen molar-refractivity contribution < 1.29 is 47.0 Å². The molecule has 1 aromatic heterocycles. The molecule has 1 aromatic carbocycles. The number of rotatable bonds is 4. The van der Waals surface area contributed by atoms with Gasteiger partial charge in [0.15, 0.2) is 11.6 Å². The number of carbonyl (C=O) groups excluding carboxylic acids is 2. The quantitative estimate of drug-likeness (QED) is 0.760. The van der Waals surface area contributed by atoms with Gasteiger partial charge in [-0.05, 0) is 24.6 Å². The Morgan fingerprint density at radius 3 is 2.96 bits per heavy atom. The monoisotopic (exact) mass is 429 g/mol. The molecule has 3 rings (SSSR count). The molecule has 0 unspecified atom stereocenters. The van der Waals surface area contributed by atoms with Crippen LogP contribution in [0.4, 0.5) is 16.2 Å². The second kappa shape index (κ2) is 8.57. The van der Waals surface area contributed by atoms with Crippen LogP contribution < -0.4 is 10.2 Å². The van der Waals surface area contributed by atoms with E-state index in [9.17, 15) is 9.59 Å². The third-order valence-corrected chi connectivity index (χ3v) is 4.47. The van der Waals surface area contributed by atoms with Crippen LogP contribution in [0.2, 0.25) is 0 Å². The molecule has 1 aliphatic heterocycles. The molecule has 125 valence electrons. The van der Waals surface area contributed by atoms with E-state index in [0.717, 1.165) is 5.56 Å². The number of benzene rings is 1. The average Bonchev–Trinajstić information content (AvgIpc) is 3.22. The molecular formula is C17H14N3O3SY-. The number of nitrogens with zero attached hydrogens (tertiary/aromatic N) is 2. The minimum absolute atomic E-state index is 0. The topological polar surface area (TPSA) is 63.0 Å². The van der Waals surface area contributed by atoms with E-state index in [2.05, 4.69) is 15.5 Å². The fourth-order valence-corrected chi connectivity index (χ4v) is 2.99. The van der Waals surface area contributed by atoms with Gasteiger partial charge < -0.3 is 10.1 Å². The van der Waals surface area contributed by atoms with E-state index in [1.807, 2.05) is 6.92 Å². The molecule has 0 aliphatic carbocycles. The van der Waals surface area contributed by atoms with Crippen molar-refractivity contribution in [3.05, 3.63) is 57.6 Å². The van der Waals surface area contributed by atoms with Crippen LogP contribution in [-0.2, 0) is 37.4 Å². The van der Waals surface area contributed by atoms with Gasteiger partial charge in [-0.25, -0.2) is 9.64 Å². The first-order chi connectivity index (χ1) is 11.6. The molecule has 6 nitrogen and oxygen atoms in total. The van der Waals surface area contributed by atoms with E-state index in [1.165, 1.54) is 16.2 Å². The molecule has 1 aliphatic rings. The van der Waals surface area contributed by atoms with Crippen LogP contribution in [-0.4, -0.2) is 31.2 Å². The third-order valence-electron chi connectivity index (χ3n) is 3.67. The maximum atomic E-state index is 12.1. The van der Waals surface area contributed by atoms with Gasteiger partial charge in [-0.3, -0.25) is 21.0 Å². The number of carbonyl (C=O) groups is 2. The number of hydrogen-bond acceptors (Lipinski definition) is 4. The average molecular weight is 429 g/mol. The van der Waals surface area contributed by atoms with Crippen molar-refractivity contribution in [3.8, 4) is 0 Å². The van der Waals surface area contributed by atoms with E-state index in [1.54, 1.807) is 30.3 Å². The van der Waals surface area contributed by atoms with Gasteiger partial charge in [-0.2, -0.15) is 12.1 Å². The Hall–Kier alpha value is -1.75. The van der Waals surface area contributed by atoms with Gasteiger partial charge >= 0.3 is 6.09 Å². The van der Waals surface area contributed by atoms with Crippen molar-refractivity contribution in [3.63, 3.8) is 0 Å². The molecule has 1 saturated heterocycles. The van der Waals surface area contributed by atoms with Gasteiger partial charge in [0.05, 0.1) is 19.7 Å². The predicted octanol–water partition coefficient (Wildman–Crippen LogP) is 3.16. The summed E-state index contributed by atoms with van der Waals surface area (Å²) in [5, 5.41) is 5.61. The molecule has 0 spiro atoms. The Bertz CT molecular complexity index is 817. The van der Waals surface area contributed by atoms with Crippen molar-refractivity contribution in [1.29, 1.82) is 0 Å². The molecule has 0 bridgehead atoms. The van der Waals surface area contributed by atoms with E-state index in [4.69, 9.17) is 11.3 Å². The van der Waals surface area contributed by atoms with Gasteiger partial charge in [0.2, 0.25) is 0 Å². The van der Waals surface area contributed by atoms with Crippen LogP contribution in [0.15, 0.2) is 30.3 Å². The smallest absolute Gasteiger partial charge is 0.414 e. The van der Waals surface area contributed by atoms with Gasteiger partial charge in [0.1, 0.15) is 6.10 Å². The van der Waals surface area contributed by atoms with Gasteiger partial charge in [-0.1, -0.05) is 10.9 Å². The van der Waals surface area contributed by atoms with Crippen molar-refractivity contribution >= 4 is 34.7 Å². The first-order valence-electron chi connectivity index (χ1n) is 7.29. The zero-order valence-electron chi connectivity index (χ0n) is 13.5. The number of cyclic esters (lactones) is 1. The molecule has 0 saturated carbocycles. The zero-order valence-corrected chi connectivity index (χ0v) is 17.1. The van der Waals surface area contributed by atoms with Crippen LogP contribution in [0.25, 0.3) is 4.85 Å².